The summed E-state index contributed by atoms with van der Waals surface area (Å²) in [7, 11) is 0. The Balaban J connectivity index is 1.73. The third-order valence-corrected chi connectivity index (χ3v) is 4.69. The topological polar surface area (TPSA) is 53.5 Å². The summed E-state index contributed by atoms with van der Waals surface area (Å²) < 4.78 is 0. The number of carbonyl (C=O) groups is 2. The van der Waals surface area contributed by atoms with Gasteiger partial charge in [0.1, 0.15) is 5.69 Å². The third-order valence-electron chi connectivity index (χ3n) is 4.69. The number of likely N-dealkylation sites (tertiary alicyclic amines) is 2. The number of piperidine rings is 1. The molecule has 2 amide bonds. The fourth-order valence-electron chi connectivity index (χ4n) is 3.16. The minimum absolute atomic E-state index is 0.0150. The molecule has 0 spiro atoms. The van der Waals surface area contributed by atoms with Crippen molar-refractivity contribution < 1.29 is 9.59 Å². The van der Waals surface area contributed by atoms with Crippen molar-refractivity contribution in [1.82, 2.24) is 14.8 Å². The zero-order chi connectivity index (χ0) is 15.5. The Morgan fingerprint density at radius 1 is 1.05 bits per heavy atom. The van der Waals surface area contributed by atoms with Gasteiger partial charge in [0.05, 0.1) is 0 Å². The molecule has 5 nitrogen and oxygen atoms in total. The number of amides is 2. The Morgan fingerprint density at radius 2 is 1.68 bits per heavy atom. The molecular weight excluding hydrogens is 278 g/mol. The highest BCUT2D eigenvalue weighted by Crippen LogP contribution is 2.18. The molecule has 1 aromatic rings. The maximum Gasteiger partial charge on any atom is 0.272 e. The fourth-order valence-corrected chi connectivity index (χ4v) is 3.16. The average Bonchev–Trinajstić information content (AvgIpc) is 3.09. The number of hydrogen-bond donors (Lipinski definition) is 0. The first-order valence-corrected chi connectivity index (χ1v) is 8.20. The van der Waals surface area contributed by atoms with E-state index in [0.717, 1.165) is 51.9 Å². The highest BCUT2D eigenvalue weighted by molar-refractivity contribution is 5.98. The maximum absolute atomic E-state index is 12.5. The van der Waals surface area contributed by atoms with Crippen molar-refractivity contribution in [2.75, 3.05) is 26.2 Å². The first-order chi connectivity index (χ1) is 10.6. The molecule has 2 fully saturated rings. The lowest BCUT2D eigenvalue weighted by Crippen LogP contribution is -2.38. The molecule has 0 N–H and O–H groups in total. The van der Waals surface area contributed by atoms with Gasteiger partial charge in [-0.3, -0.25) is 14.6 Å². The molecule has 118 valence electrons. The predicted octanol–water partition coefficient (Wildman–Crippen LogP) is 2.19. The van der Waals surface area contributed by atoms with E-state index >= 15 is 0 Å². The molecule has 0 unspecified atom stereocenters. The zero-order valence-electron chi connectivity index (χ0n) is 13.1. The van der Waals surface area contributed by atoms with Gasteiger partial charge in [0, 0.05) is 37.9 Å². The van der Waals surface area contributed by atoms with Gasteiger partial charge in [-0.2, -0.15) is 0 Å². The van der Waals surface area contributed by atoms with Crippen molar-refractivity contribution in [3.8, 4) is 0 Å². The number of aromatic nitrogens is 1. The van der Waals surface area contributed by atoms with Gasteiger partial charge in [-0.1, -0.05) is 6.92 Å². The second kappa shape index (κ2) is 6.46. The van der Waals surface area contributed by atoms with Crippen LogP contribution in [0.15, 0.2) is 18.3 Å². The van der Waals surface area contributed by atoms with E-state index in [1.165, 1.54) is 0 Å². The molecule has 0 bridgehead atoms. The molecule has 0 atom stereocenters. The molecule has 22 heavy (non-hydrogen) atoms. The van der Waals surface area contributed by atoms with E-state index in [0.29, 0.717) is 17.2 Å². The van der Waals surface area contributed by atoms with Crippen LogP contribution >= 0.6 is 0 Å². The van der Waals surface area contributed by atoms with Crippen LogP contribution in [0.1, 0.15) is 53.5 Å². The van der Waals surface area contributed by atoms with Crippen molar-refractivity contribution in [3.63, 3.8) is 0 Å². The summed E-state index contributed by atoms with van der Waals surface area (Å²) in [5, 5.41) is 0. The lowest BCUT2D eigenvalue weighted by atomic mass is 9.99. The van der Waals surface area contributed by atoms with Crippen molar-refractivity contribution >= 4 is 11.8 Å². The van der Waals surface area contributed by atoms with Crippen LogP contribution in [0.5, 0.6) is 0 Å². The van der Waals surface area contributed by atoms with Gasteiger partial charge in [-0.25, -0.2) is 0 Å². The summed E-state index contributed by atoms with van der Waals surface area (Å²) in [5.74, 6) is 0.643. The standard InChI is InChI=1S/C17H23N3O2/c1-13-5-10-20(11-6-13)17(22)15-12-14(4-7-18-15)16(21)19-8-2-3-9-19/h4,7,12-13H,2-3,5-6,8-11H2,1H3. The molecule has 3 rings (SSSR count). The van der Waals surface area contributed by atoms with Gasteiger partial charge in [0.2, 0.25) is 0 Å². The normalized spacial score (nSPS) is 19.5. The molecule has 0 aliphatic carbocycles. The molecule has 5 heteroatoms. The van der Waals surface area contributed by atoms with Crippen LogP contribution in [0.3, 0.4) is 0 Å². The predicted molar refractivity (Wildman–Crippen MR) is 83.7 cm³/mol. The summed E-state index contributed by atoms with van der Waals surface area (Å²) in [6.45, 7) is 5.41. The van der Waals surface area contributed by atoms with Crippen LogP contribution < -0.4 is 0 Å². The van der Waals surface area contributed by atoms with Crippen molar-refractivity contribution in [3.05, 3.63) is 29.6 Å². The van der Waals surface area contributed by atoms with E-state index in [1.807, 2.05) is 9.80 Å². The lowest BCUT2D eigenvalue weighted by Gasteiger charge is -2.30. The van der Waals surface area contributed by atoms with Crippen LogP contribution in [0.2, 0.25) is 0 Å². The second-order valence-corrected chi connectivity index (χ2v) is 6.40. The Kier molecular flexibility index (Phi) is 4.41. The molecule has 3 heterocycles. The summed E-state index contributed by atoms with van der Waals surface area (Å²) in [4.78, 5) is 32.8. The van der Waals surface area contributed by atoms with Gasteiger partial charge in [0.25, 0.3) is 11.8 Å². The number of nitrogens with zero attached hydrogens (tertiary/aromatic N) is 3. The quantitative estimate of drug-likeness (QED) is 0.841. The average molecular weight is 301 g/mol. The van der Waals surface area contributed by atoms with E-state index in [2.05, 4.69) is 11.9 Å². The molecule has 0 saturated carbocycles. The largest absolute Gasteiger partial charge is 0.339 e. The van der Waals surface area contributed by atoms with Gasteiger partial charge >= 0.3 is 0 Å². The van der Waals surface area contributed by atoms with Gasteiger partial charge < -0.3 is 9.80 Å². The Bertz CT molecular complexity index is 559. The lowest BCUT2D eigenvalue weighted by molar-refractivity contribution is 0.0691. The Hall–Kier alpha value is -1.91. The fraction of sp³-hybridized carbons (Fsp3) is 0.588. The van der Waals surface area contributed by atoms with Gasteiger partial charge in [-0.15, -0.1) is 0 Å². The number of hydrogen-bond acceptors (Lipinski definition) is 3. The van der Waals surface area contributed by atoms with Crippen LogP contribution in [0.25, 0.3) is 0 Å². The molecule has 2 aliphatic heterocycles. The van der Waals surface area contributed by atoms with Crippen LogP contribution in [-0.4, -0.2) is 52.8 Å². The van der Waals surface area contributed by atoms with E-state index in [4.69, 9.17) is 0 Å². The zero-order valence-corrected chi connectivity index (χ0v) is 13.1. The van der Waals surface area contributed by atoms with Crippen molar-refractivity contribution in [1.29, 1.82) is 0 Å². The first kappa shape index (κ1) is 15.0. The highest BCUT2D eigenvalue weighted by Gasteiger charge is 2.24. The Labute approximate surface area is 131 Å². The second-order valence-electron chi connectivity index (χ2n) is 6.40. The van der Waals surface area contributed by atoms with Gasteiger partial charge in [-0.05, 0) is 43.7 Å². The molecule has 2 saturated heterocycles. The van der Waals surface area contributed by atoms with Crippen molar-refractivity contribution in [2.24, 2.45) is 5.92 Å². The van der Waals surface area contributed by atoms with E-state index in [-0.39, 0.29) is 11.8 Å². The number of carbonyl (C=O) groups excluding carboxylic acids is 2. The number of pyridine rings is 1. The SMILES string of the molecule is CC1CCN(C(=O)c2cc(C(=O)N3CCCC3)ccn2)CC1. The van der Waals surface area contributed by atoms with Gasteiger partial charge in [0.15, 0.2) is 0 Å². The van der Waals surface area contributed by atoms with E-state index in [9.17, 15) is 9.59 Å². The molecule has 2 aliphatic rings. The molecule has 0 aromatic carbocycles. The minimum atomic E-state index is -0.0528. The minimum Gasteiger partial charge on any atom is -0.339 e. The van der Waals surface area contributed by atoms with Crippen LogP contribution in [0.4, 0.5) is 0 Å². The van der Waals surface area contributed by atoms with Crippen LogP contribution in [-0.2, 0) is 0 Å². The van der Waals surface area contributed by atoms with E-state index < -0.39 is 0 Å². The number of rotatable bonds is 2. The summed E-state index contributed by atoms with van der Waals surface area (Å²) >= 11 is 0. The summed E-state index contributed by atoms with van der Waals surface area (Å²) in [5.41, 5.74) is 0.963. The molecule has 1 aromatic heterocycles. The monoisotopic (exact) mass is 301 g/mol. The summed E-state index contributed by atoms with van der Waals surface area (Å²) in [6.07, 6.45) is 5.78. The van der Waals surface area contributed by atoms with Crippen LogP contribution in [0, 0.1) is 5.92 Å². The molecular formula is C17H23N3O2. The summed E-state index contributed by atoms with van der Waals surface area (Å²) in [6, 6.07) is 3.36. The Morgan fingerprint density at radius 3 is 2.36 bits per heavy atom. The third kappa shape index (κ3) is 3.13. The maximum atomic E-state index is 12.5. The van der Waals surface area contributed by atoms with E-state index in [1.54, 1.807) is 18.3 Å². The molecule has 0 radical (unpaired) electrons. The highest BCUT2D eigenvalue weighted by atomic mass is 16.2. The first-order valence-electron chi connectivity index (χ1n) is 8.20. The smallest absolute Gasteiger partial charge is 0.272 e. The van der Waals surface area contributed by atoms with Crippen molar-refractivity contribution in [2.45, 2.75) is 32.6 Å².